The molecule has 0 aromatic rings. The second-order valence-corrected chi connectivity index (χ2v) is 5.35. The molecule has 4 nitrogen and oxygen atoms in total. The Labute approximate surface area is 95.3 Å². The molecule has 2 rings (SSSR count). The number of carbonyl (C=O) groups is 1. The third-order valence-corrected chi connectivity index (χ3v) is 2.58. The Bertz CT molecular complexity index is 335. The monoisotopic (exact) mass is 307 g/mol. The molecule has 0 aromatic carbocycles. The van der Waals surface area contributed by atoms with Gasteiger partial charge >= 0.3 is 5.97 Å². The summed E-state index contributed by atoms with van der Waals surface area (Å²) < 4.78 is 9.76. The SMILES string of the molecule is CC1(I)OC(=O)C2C=C(N)C=C[C@@H]2O1. The molecule has 1 heterocycles. The molecule has 0 aromatic heterocycles. The Balaban J connectivity index is 2.26. The van der Waals surface area contributed by atoms with Gasteiger partial charge in [0.2, 0.25) is 0 Å². The molecule has 14 heavy (non-hydrogen) atoms. The minimum Gasteiger partial charge on any atom is -0.423 e. The predicted molar refractivity (Wildman–Crippen MR) is 58.3 cm³/mol. The Morgan fingerprint density at radius 2 is 2.36 bits per heavy atom. The Morgan fingerprint density at radius 1 is 1.64 bits per heavy atom. The summed E-state index contributed by atoms with van der Waals surface area (Å²) in [7, 11) is 0. The number of hydrogen-bond donors (Lipinski definition) is 1. The van der Waals surface area contributed by atoms with Crippen LogP contribution in [-0.2, 0) is 14.3 Å². The van der Waals surface area contributed by atoms with E-state index < -0.39 is 9.71 Å². The van der Waals surface area contributed by atoms with Crippen molar-refractivity contribution in [1.29, 1.82) is 0 Å². The lowest BCUT2D eigenvalue weighted by Crippen LogP contribution is -2.46. The van der Waals surface area contributed by atoms with Crippen LogP contribution in [0.4, 0.5) is 0 Å². The van der Waals surface area contributed by atoms with Gasteiger partial charge in [-0.2, -0.15) is 0 Å². The Kier molecular flexibility index (Phi) is 2.30. The summed E-state index contributed by atoms with van der Waals surface area (Å²) in [4.78, 5) is 11.5. The fourth-order valence-electron chi connectivity index (χ4n) is 1.51. The lowest BCUT2D eigenvalue weighted by molar-refractivity contribution is -0.219. The van der Waals surface area contributed by atoms with Crippen LogP contribution in [0.2, 0.25) is 0 Å². The zero-order valence-corrected chi connectivity index (χ0v) is 9.72. The summed E-state index contributed by atoms with van der Waals surface area (Å²) >= 11 is 1.95. The Morgan fingerprint density at radius 3 is 3.07 bits per heavy atom. The highest BCUT2D eigenvalue weighted by molar-refractivity contribution is 14.1. The molecule has 0 saturated carbocycles. The fraction of sp³-hybridized carbons (Fsp3) is 0.444. The highest BCUT2D eigenvalue weighted by Crippen LogP contribution is 2.35. The maximum atomic E-state index is 11.5. The van der Waals surface area contributed by atoms with Crippen LogP contribution >= 0.6 is 22.6 Å². The average molecular weight is 307 g/mol. The predicted octanol–water partition coefficient (Wildman–Crippen LogP) is 1.07. The van der Waals surface area contributed by atoms with Crippen LogP contribution in [0.15, 0.2) is 23.9 Å². The standard InChI is InChI=1S/C9H10INO3/c1-9(10)13-7-3-2-5(11)4-6(7)8(12)14-9/h2-4,6-7H,11H2,1H3/t6?,7-,9?/m0/s1. The number of rotatable bonds is 0. The molecule has 0 spiro atoms. The quantitative estimate of drug-likeness (QED) is 0.413. The van der Waals surface area contributed by atoms with Crippen molar-refractivity contribution in [3.05, 3.63) is 23.9 Å². The Hall–Kier alpha value is -0.560. The number of ether oxygens (including phenoxy) is 2. The second kappa shape index (κ2) is 3.23. The summed E-state index contributed by atoms with van der Waals surface area (Å²) in [5, 5.41) is 0. The summed E-state index contributed by atoms with van der Waals surface area (Å²) in [6, 6.07) is 0. The third kappa shape index (κ3) is 1.78. The van der Waals surface area contributed by atoms with Gasteiger partial charge < -0.3 is 15.2 Å². The lowest BCUT2D eigenvalue weighted by atomic mass is 9.95. The molecule has 5 heteroatoms. The minimum absolute atomic E-state index is 0.259. The molecular weight excluding hydrogens is 297 g/mol. The lowest BCUT2D eigenvalue weighted by Gasteiger charge is -2.37. The van der Waals surface area contributed by atoms with E-state index in [1.165, 1.54) is 0 Å². The van der Waals surface area contributed by atoms with Gasteiger partial charge in [-0.05, 0) is 12.2 Å². The molecule has 1 aliphatic heterocycles. The van der Waals surface area contributed by atoms with Crippen molar-refractivity contribution in [2.75, 3.05) is 0 Å². The molecule has 0 radical (unpaired) electrons. The maximum absolute atomic E-state index is 11.5. The van der Waals surface area contributed by atoms with Crippen LogP contribution in [-0.4, -0.2) is 15.9 Å². The molecule has 2 N–H and O–H groups in total. The van der Waals surface area contributed by atoms with Gasteiger partial charge in [0, 0.05) is 35.2 Å². The van der Waals surface area contributed by atoms with E-state index >= 15 is 0 Å². The van der Waals surface area contributed by atoms with E-state index in [4.69, 9.17) is 15.2 Å². The van der Waals surface area contributed by atoms with Gasteiger partial charge in [-0.15, -0.1) is 0 Å². The minimum atomic E-state index is -0.875. The number of halogens is 1. The topological polar surface area (TPSA) is 61.5 Å². The molecule has 0 amide bonds. The number of hydrogen-bond acceptors (Lipinski definition) is 4. The molecule has 2 unspecified atom stereocenters. The molecule has 0 bridgehead atoms. The molecule has 1 aliphatic carbocycles. The van der Waals surface area contributed by atoms with Gasteiger partial charge in [-0.25, -0.2) is 0 Å². The summed E-state index contributed by atoms with van der Waals surface area (Å²) in [5.74, 6) is -0.687. The van der Waals surface area contributed by atoms with Crippen molar-refractivity contribution in [1.82, 2.24) is 0 Å². The van der Waals surface area contributed by atoms with Crippen molar-refractivity contribution in [3.8, 4) is 0 Å². The van der Waals surface area contributed by atoms with Gasteiger partial charge in [-0.3, -0.25) is 4.79 Å². The van der Waals surface area contributed by atoms with Crippen molar-refractivity contribution >= 4 is 28.6 Å². The van der Waals surface area contributed by atoms with Gasteiger partial charge in [-0.1, -0.05) is 6.08 Å². The number of carbonyl (C=O) groups excluding carboxylic acids is 1. The highest BCUT2D eigenvalue weighted by Gasteiger charge is 2.43. The zero-order chi connectivity index (χ0) is 10.3. The average Bonchev–Trinajstić information content (AvgIpc) is 2.05. The van der Waals surface area contributed by atoms with Crippen molar-refractivity contribution in [2.45, 2.75) is 16.8 Å². The van der Waals surface area contributed by atoms with Crippen molar-refractivity contribution in [3.63, 3.8) is 0 Å². The molecular formula is C9H10INO3. The van der Waals surface area contributed by atoms with E-state index in [9.17, 15) is 4.79 Å². The molecule has 1 fully saturated rings. The van der Waals surface area contributed by atoms with E-state index in [0.717, 1.165) is 0 Å². The molecule has 1 saturated heterocycles. The van der Waals surface area contributed by atoms with Crippen LogP contribution in [0.5, 0.6) is 0 Å². The summed E-state index contributed by atoms with van der Waals surface area (Å²) in [5.41, 5.74) is 6.15. The van der Waals surface area contributed by atoms with E-state index in [2.05, 4.69) is 0 Å². The first-order chi connectivity index (χ1) is 6.48. The van der Waals surface area contributed by atoms with E-state index in [0.29, 0.717) is 5.70 Å². The first-order valence-corrected chi connectivity index (χ1v) is 5.31. The van der Waals surface area contributed by atoms with Crippen LogP contribution in [0.1, 0.15) is 6.92 Å². The maximum Gasteiger partial charge on any atom is 0.318 e. The number of cyclic esters (lactones) is 1. The molecule has 3 atom stereocenters. The van der Waals surface area contributed by atoms with Crippen LogP contribution in [0.25, 0.3) is 0 Å². The van der Waals surface area contributed by atoms with Crippen molar-refractivity contribution in [2.24, 2.45) is 11.7 Å². The second-order valence-electron chi connectivity index (χ2n) is 3.39. The smallest absolute Gasteiger partial charge is 0.318 e. The van der Waals surface area contributed by atoms with Gasteiger partial charge in [0.15, 0.2) is 0 Å². The summed E-state index contributed by atoms with van der Waals surface area (Å²) in [6.45, 7) is 1.71. The first kappa shape index (κ1) is 9.97. The van der Waals surface area contributed by atoms with E-state index in [-0.39, 0.29) is 12.1 Å². The van der Waals surface area contributed by atoms with Gasteiger partial charge in [0.05, 0.1) is 6.10 Å². The zero-order valence-electron chi connectivity index (χ0n) is 7.57. The number of allylic oxidation sites excluding steroid dienone is 1. The third-order valence-electron chi connectivity index (χ3n) is 2.11. The molecule has 76 valence electrons. The number of nitrogens with two attached hydrogens (primary N) is 1. The van der Waals surface area contributed by atoms with E-state index in [1.54, 1.807) is 25.2 Å². The molecule has 2 aliphatic rings. The van der Waals surface area contributed by atoms with Crippen LogP contribution in [0, 0.1) is 5.92 Å². The van der Waals surface area contributed by atoms with Gasteiger partial charge in [0.25, 0.3) is 3.79 Å². The van der Waals surface area contributed by atoms with Crippen LogP contribution < -0.4 is 5.73 Å². The number of fused-ring (bicyclic) bond motifs is 1. The van der Waals surface area contributed by atoms with E-state index in [1.807, 2.05) is 22.6 Å². The van der Waals surface area contributed by atoms with Crippen molar-refractivity contribution < 1.29 is 14.3 Å². The van der Waals surface area contributed by atoms with Crippen LogP contribution in [0.3, 0.4) is 0 Å². The largest absolute Gasteiger partial charge is 0.423 e. The highest BCUT2D eigenvalue weighted by atomic mass is 127. The number of esters is 1. The van der Waals surface area contributed by atoms with Gasteiger partial charge in [0.1, 0.15) is 5.92 Å². The fourth-order valence-corrected chi connectivity index (χ4v) is 2.02. The normalized spacial score (nSPS) is 41.3. The first-order valence-electron chi connectivity index (χ1n) is 4.23. The number of alkyl halides is 1. The summed E-state index contributed by atoms with van der Waals surface area (Å²) in [6.07, 6.45) is 4.94.